The quantitative estimate of drug-likeness (QED) is 0.850. The fourth-order valence-corrected chi connectivity index (χ4v) is 4.01. The fraction of sp³-hybridized carbons (Fsp3) is 0.714. The Balaban J connectivity index is 1.63. The van der Waals surface area contributed by atoms with Crippen LogP contribution in [-0.4, -0.2) is 36.1 Å². The molecule has 0 unspecified atom stereocenters. The molecule has 4 nitrogen and oxygen atoms in total. The maximum Gasteiger partial charge on any atom is 0.228 e. The summed E-state index contributed by atoms with van der Waals surface area (Å²) in [4.78, 5) is 20.2. The second kappa shape index (κ2) is 5.59. The molecule has 0 spiro atoms. The summed E-state index contributed by atoms with van der Waals surface area (Å²) in [7, 11) is 1.88. The van der Waals surface area contributed by atoms with Gasteiger partial charge >= 0.3 is 0 Å². The minimum Gasteiger partial charge on any atom is -0.381 e. The number of fused-ring (bicyclic) bond motifs is 1. The maximum absolute atomic E-state index is 12.2. The van der Waals surface area contributed by atoms with E-state index in [4.69, 9.17) is 9.72 Å². The van der Waals surface area contributed by atoms with E-state index in [1.807, 2.05) is 11.9 Å². The lowest BCUT2D eigenvalue weighted by atomic mass is 10.0. The van der Waals surface area contributed by atoms with E-state index in [9.17, 15) is 4.79 Å². The van der Waals surface area contributed by atoms with Gasteiger partial charge in [-0.25, -0.2) is 4.98 Å². The Hall–Kier alpha value is -0.940. The first-order valence-corrected chi connectivity index (χ1v) is 7.86. The van der Waals surface area contributed by atoms with Gasteiger partial charge in [-0.2, -0.15) is 0 Å². The minimum atomic E-state index is 0.0552. The van der Waals surface area contributed by atoms with Crippen LogP contribution in [0.4, 0.5) is 0 Å². The Morgan fingerprint density at radius 2 is 2.32 bits per heavy atom. The largest absolute Gasteiger partial charge is 0.381 e. The van der Waals surface area contributed by atoms with Crippen molar-refractivity contribution >= 4 is 17.2 Å². The summed E-state index contributed by atoms with van der Waals surface area (Å²) in [6, 6.07) is 0. The number of carbonyl (C=O) groups excluding carboxylic acids is 1. The van der Waals surface area contributed by atoms with Gasteiger partial charge in [0.1, 0.15) is 5.01 Å². The van der Waals surface area contributed by atoms with Gasteiger partial charge in [-0.3, -0.25) is 4.79 Å². The molecule has 1 atom stereocenters. The second-order valence-electron chi connectivity index (χ2n) is 5.44. The number of nitrogens with zero attached hydrogens (tertiary/aromatic N) is 2. The van der Waals surface area contributed by atoms with Crippen LogP contribution in [0.3, 0.4) is 0 Å². The highest BCUT2D eigenvalue weighted by Gasteiger charge is 2.27. The first-order chi connectivity index (χ1) is 9.24. The molecule has 1 saturated heterocycles. The summed E-state index contributed by atoms with van der Waals surface area (Å²) in [5.41, 5.74) is 1.27. The molecule has 104 valence electrons. The molecule has 0 N–H and O–H groups in total. The Morgan fingerprint density at radius 3 is 3.05 bits per heavy atom. The first-order valence-electron chi connectivity index (χ1n) is 7.04. The van der Waals surface area contributed by atoms with Crippen LogP contribution < -0.4 is 0 Å². The zero-order chi connectivity index (χ0) is 13.2. The van der Waals surface area contributed by atoms with Crippen molar-refractivity contribution in [2.75, 3.05) is 20.3 Å². The summed E-state index contributed by atoms with van der Waals surface area (Å²) >= 11 is 1.79. The highest BCUT2D eigenvalue weighted by atomic mass is 32.1. The van der Waals surface area contributed by atoms with Crippen LogP contribution in [0.25, 0.3) is 0 Å². The number of carbonyl (C=O) groups is 1. The zero-order valence-electron chi connectivity index (χ0n) is 11.4. The smallest absolute Gasteiger partial charge is 0.228 e. The number of hydrogen-bond acceptors (Lipinski definition) is 4. The number of hydrogen-bond donors (Lipinski definition) is 0. The van der Waals surface area contributed by atoms with Crippen molar-refractivity contribution in [3.05, 3.63) is 15.6 Å². The predicted molar refractivity (Wildman–Crippen MR) is 74.2 cm³/mol. The third kappa shape index (κ3) is 2.82. The molecule has 1 aromatic rings. The van der Waals surface area contributed by atoms with Crippen molar-refractivity contribution in [2.45, 2.75) is 38.6 Å². The monoisotopic (exact) mass is 280 g/mol. The van der Waals surface area contributed by atoms with Gasteiger partial charge in [0.25, 0.3) is 0 Å². The highest BCUT2D eigenvalue weighted by Crippen LogP contribution is 2.27. The Morgan fingerprint density at radius 1 is 1.47 bits per heavy atom. The number of amides is 1. The first kappa shape index (κ1) is 13.1. The van der Waals surface area contributed by atoms with Gasteiger partial charge in [0.2, 0.25) is 5.91 Å². The van der Waals surface area contributed by atoms with Gasteiger partial charge in [-0.05, 0) is 32.1 Å². The van der Waals surface area contributed by atoms with Crippen molar-refractivity contribution in [2.24, 2.45) is 5.92 Å². The van der Waals surface area contributed by atoms with E-state index < -0.39 is 0 Å². The molecule has 1 aliphatic heterocycles. The van der Waals surface area contributed by atoms with Gasteiger partial charge < -0.3 is 9.64 Å². The Labute approximate surface area is 117 Å². The number of aromatic nitrogens is 1. The Kier molecular flexibility index (Phi) is 3.84. The van der Waals surface area contributed by atoms with Crippen LogP contribution in [-0.2, 0) is 28.9 Å². The average molecular weight is 280 g/mol. The third-order valence-electron chi connectivity index (χ3n) is 3.92. The molecule has 1 fully saturated rings. The van der Waals surface area contributed by atoms with Crippen molar-refractivity contribution < 1.29 is 9.53 Å². The van der Waals surface area contributed by atoms with E-state index in [1.165, 1.54) is 29.8 Å². The molecule has 19 heavy (non-hydrogen) atoms. The van der Waals surface area contributed by atoms with E-state index >= 15 is 0 Å². The van der Waals surface area contributed by atoms with Crippen LogP contribution >= 0.6 is 11.3 Å². The van der Waals surface area contributed by atoms with Gasteiger partial charge in [0, 0.05) is 18.5 Å². The molecular formula is C14H20N2O2S. The van der Waals surface area contributed by atoms with Crippen LogP contribution in [0.5, 0.6) is 0 Å². The lowest BCUT2D eigenvalue weighted by Crippen LogP contribution is -2.32. The minimum absolute atomic E-state index is 0.0552. The lowest BCUT2D eigenvalue weighted by Gasteiger charge is -2.18. The molecule has 1 amide bonds. The van der Waals surface area contributed by atoms with Crippen LogP contribution in [0.15, 0.2) is 0 Å². The van der Waals surface area contributed by atoms with Crippen molar-refractivity contribution in [3.63, 3.8) is 0 Å². The van der Waals surface area contributed by atoms with E-state index in [-0.39, 0.29) is 11.8 Å². The van der Waals surface area contributed by atoms with Gasteiger partial charge in [-0.1, -0.05) is 0 Å². The van der Waals surface area contributed by atoms with Crippen molar-refractivity contribution in [1.82, 2.24) is 9.88 Å². The van der Waals surface area contributed by atoms with Crippen LogP contribution in [0.1, 0.15) is 34.8 Å². The molecule has 3 rings (SSSR count). The topological polar surface area (TPSA) is 42.4 Å². The molecule has 2 aliphatic rings. The summed E-state index contributed by atoms with van der Waals surface area (Å²) in [6.45, 7) is 1.94. The molecule has 0 saturated carbocycles. The zero-order valence-corrected chi connectivity index (χ0v) is 12.2. The summed E-state index contributed by atoms with van der Waals surface area (Å²) in [5.74, 6) is 0.255. The maximum atomic E-state index is 12.2. The second-order valence-corrected chi connectivity index (χ2v) is 6.61. The normalized spacial score (nSPS) is 22.3. The standard InChI is InChI=1S/C14H20N2O2S/c1-16(14(17)10-6-7-18-9-10)8-13-15-11-4-2-3-5-12(11)19-13/h10H,2-9H2,1H3/t10-/m0/s1. The molecule has 5 heteroatoms. The molecular weight excluding hydrogens is 260 g/mol. The fourth-order valence-electron chi connectivity index (χ4n) is 2.79. The predicted octanol–water partition coefficient (Wildman–Crippen LogP) is 2.02. The van der Waals surface area contributed by atoms with E-state index in [0.717, 1.165) is 24.5 Å². The molecule has 1 aliphatic carbocycles. The Bertz CT molecular complexity index is 443. The summed E-state index contributed by atoms with van der Waals surface area (Å²) < 4.78 is 5.28. The summed E-state index contributed by atoms with van der Waals surface area (Å²) in [5, 5.41) is 1.08. The SMILES string of the molecule is CN(Cc1nc2c(s1)CCCC2)C(=O)[C@H]1CCOC1. The molecule has 0 radical (unpaired) electrons. The van der Waals surface area contributed by atoms with E-state index in [1.54, 1.807) is 11.3 Å². The number of ether oxygens (including phenoxy) is 1. The molecule has 0 bridgehead atoms. The number of thiazole rings is 1. The third-order valence-corrected chi connectivity index (χ3v) is 5.06. The average Bonchev–Trinajstić information content (AvgIpc) is 3.06. The van der Waals surface area contributed by atoms with Crippen LogP contribution in [0.2, 0.25) is 0 Å². The molecule has 0 aromatic carbocycles. The molecule has 1 aromatic heterocycles. The number of rotatable bonds is 3. The van der Waals surface area contributed by atoms with Crippen molar-refractivity contribution in [1.29, 1.82) is 0 Å². The lowest BCUT2D eigenvalue weighted by molar-refractivity contribution is -0.134. The van der Waals surface area contributed by atoms with E-state index in [0.29, 0.717) is 13.2 Å². The molecule has 2 heterocycles. The van der Waals surface area contributed by atoms with E-state index in [2.05, 4.69) is 0 Å². The van der Waals surface area contributed by atoms with Gasteiger partial charge in [0.05, 0.1) is 24.8 Å². The van der Waals surface area contributed by atoms with Crippen molar-refractivity contribution in [3.8, 4) is 0 Å². The van der Waals surface area contributed by atoms with Gasteiger partial charge in [-0.15, -0.1) is 11.3 Å². The highest BCUT2D eigenvalue weighted by molar-refractivity contribution is 7.11. The van der Waals surface area contributed by atoms with Gasteiger partial charge in [0.15, 0.2) is 0 Å². The summed E-state index contributed by atoms with van der Waals surface area (Å²) in [6.07, 6.45) is 5.67. The number of aryl methyl sites for hydroxylation is 2. The van der Waals surface area contributed by atoms with Crippen LogP contribution in [0, 0.1) is 5.92 Å².